The summed E-state index contributed by atoms with van der Waals surface area (Å²) < 4.78 is 5.80. The second-order valence-corrected chi connectivity index (χ2v) is 5.37. The lowest BCUT2D eigenvalue weighted by Crippen LogP contribution is -2.44. The van der Waals surface area contributed by atoms with Crippen LogP contribution in [0, 0.1) is 11.3 Å². The number of carbonyl (C=O) groups is 1. The van der Waals surface area contributed by atoms with E-state index in [2.05, 4.69) is 9.97 Å². The van der Waals surface area contributed by atoms with Crippen LogP contribution in [0.5, 0.6) is 5.88 Å². The zero-order valence-corrected chi connectivity index (χ0v) is 12.6. The van der Waals surface area contributed by atoms with Gasteiger partial charge in [0.25, 0.3) is 5.91 Å². The summed E-state index contributed by atoms with van der Waals surface area (Å²) in [5, 5.41) is 8.82. The van der Waals surface area contributed by atoms with Crippen LogP contribution in [0.1, 0.15) is 28.8 Å². The summed E-state index contributed by atoms with van der Waals surface area (Å²) in [4.78, 5) is 22.4. The quantitative estimate of drug-likeness (QED) is 0.867. The van der Waals surface area contributed by atoms with Crippen molar-refractivity contribution in [2.45, 2.75) is 18.9 Å². The SMILES string of the molecule is N#Cc1ccc(C(=O)N2CCC[C@@H](Oc3cnccn3)C2)cc1. The molecule has 0 saturated carbocycles. The first kappa shape index (κ1) is 15.0. The molecule has 1 aromatic heterocycles. The third-order valence-electron chi connectivity index (χ3n) is 3.75. The number of benzene rings is 1. The Kier molecular flexibility index (Phi) is 4.48. The average Bonchev–Trinajstić information content (AvgIpc) is 2.62. The van der Waals surface area contributed by atoms with Gasteiger partial charge in [-0.15, -0.1) is 0 Å². The normalized spacial score (nSPS) is 17.3. The second-order valence-electron chi connectivity index (χ2n) is 5.37. The van der Waals surface area contributed by atoms with Gasteiger partial charge in [-0.1, -0.05) is 0 Å². The monoisotopic (exact) mass is 308 g/mol. The zero-order valence-electron chi connectivity index (χ0n) is 12.6. The highest BCUT2D eigenvalue weighted by atomic mass is 16.5. The predicted octanol–water partition coefficient (Wildman–Crippen LogP) is 2.03. The molecular weight excluding hydrogens is 292 g/mol. The topological polar surface area (TPSA) is 79.1 Å². The van der Waals surface area contributed by atoms with Crippen LogP contribution in [-0.2, 0) is 0 Å². The van der Waals surface area contributed by atoms with E-state index in [1.165, 1.54) is 0 Å². The van der Waals surface area contributed by atoms with E-state index in [4.69, 9.17) is 10.00 Å². The maximum Gasteiger partial charge on any atom is 0.253 e. The molecule has 0 unspecified atom stereocenters. The van der Waals surface area contributed by atoms with Gasteiger partial charge in [0.05, 0.1) is 24.4 Å². The molecule has 1 saturated heterocycles. The molecular formula is C17H16N4O2. The maximum atomic E-state index is 12.6. The van der Waals surface area contributed by atoms with Crippen LogP contribution in [0.2, 0.25) is 0 Å². The van der Waals surface area contributed by atoms with E-state index in [1.807, 2.05) is 6.07 Å². The average molecular weight is 308 g/mol. The summed E-state index contributed by atoms with van der Waals surface area (Å²) >= 11 is 0. The summed E-state index contributed by atoms with van der Waals surface area (Å²) in [5.74, 6) is 0.437. The lowest BCUT2D eigenvalue weighted by molar-refractivity contribution is 0.0527. The van der Waals surface area contributed by atoms with Gasteiger partial charge in [0.1, 0.15) is 6.10 Å². The van der Waals surface area contributed by atoms with Crippen LogP contribution in [0.25, 0.3) is 0 Å². The van der Waals surface area contributed by atoms with Crippen molar-refractivity contribution in [3.05, 3.63) is 54.0 Å². The fraction of sp³-hybridized carbons (Fsp3) is 0.294. The molecule has 1 aromatic carbocycles. The molecule has 116 valence electrons. The van der Waals surface area contributed by atoms with Gasteiger partial charge >= 0.3 is 0 Å². The number of hydrogen-bond acceptors (Lipinski definition) is 5. The molecule has 1 fully saturated rings. The molecule has 0 bridgehead atoms. The first-order valence-electron chi connectivity index (χ1n) is 7.48. The zero-order chi connectivity index (χ0) is 16.1. The van der Waals surface area contributed by atoms with Gasteiger partial charge in [0.15, 0.2) is 0 Å². The Morgan fingerprint density at radius 3 is 2.83 bits per heavy atom. The van der Waals surface area contributed by atoms with Crippen LogP contribution in [0.15, 0.2) is 42.9 Å². The molecule has 1 amide bonds. The van der Waals surface area contributed by atoms with Crippen molar-refractivity contribution in [3.8, 4) is 11.9 Å². The van der Waals surface area contributed by atoms with Crippen molar-refractivity contribution in [3.63, 3.8) is 0 Å². The molecule has 0 N–H and O–H groups in total. The largest absolute Gasteiger partial charge is 0.471 e. The first-order valence-corrected chi connectivity index (χ1v) is 7.48. The fourth-order valence-electron chi connectivity index (χ4n) is 2.61. The van der Waals surface area contributed by atoms with E-state index < -0.39 is 0 Å². The molecule has 2 aromatic rings. The fourth-order valence-corrected chi connectivity index (χ4v) is 2.61. The number of carbonyl (C=O) groups excluding carboxylic acids is 1. The van der Waals surface area contributed by atoms with Crippen molar-refractivity contribution in [1.29, 1.82) is 5.26 Å². The van der Waals surface area contributed by atoms with Crippen molar-refractivity contribution in [1.82, 2.24) is 14.9 Å². The van der Waals surface area contributed by atoms with Crippen molar-refractivity contribution in [2.24, 2.45) is 0 Å². The summed E-state index contributed by atoms with van der Waals surface area (Å²) in [6, 6.07) is 8.74. The summed E-state index contributed by atoms with van der Waals surface area (Å²) in [5.41, 5.74) is 1.13. The Balaban J connectivity index is 1.65. The lowest BCUT2D eigenvalue weighted by atomic mass is 10.1. The van der Waals surface area contributed by atoms with Crippen molar-refractivity contribution >= 4 is 5.91 Å². The van der Waals surface area contributed by atoms with E-state index >= 15 is 0 Å². The van der Waals surface area contributed by atoms with Gasteiger partial charge in [-0.25, -0.2) is 4.98 Å². The van der Waals surface area contributed by atoms with E-state index in [-0.39, 0.29) is 12.0 Å². The van der Waals surface area contributed by atoms with Crippen LogP contribution < -0.4 is 4.74 Å². The number of piperidine rings is 1. The minimum atomic E-state index is -0.0808. The molecule has 1 aliphatic heterocycles. The standard InChI is InChI=1S/C17H16N4O2/c18-10-13-3-5-14(6-4-13)17(22)21-9-1-2-15(12-21)23-16-11-19-7-8-20-16/h3-8,11,15H,1-2,9,12H2/t15-/m1/s1. The molecule has 2 heterocycles. The molecule has 6 nitrogen and oxygen atoms in total. The Morgan fingerprint density at radius 2 is 2.13 bits per heavy atom. The first-order chi connectivity index (χ1) is 11.3. The third kappa shape index (κ3) is 3.64. The Morgan fingerprint density at radius 1 is 1.30 bits per heavy atom. The highest BCUT2D eigenvalue weighted by Crippen LogP contribution is 2.18. The molecule has 0 aliphatic carbocycles. The van der Waals surface area contributed by atoms with E-state index in [0.29, 0.717) is 30.1 Å². The number of rotatable bonds is 3. The number of aromatic nitrogens is 2. The van der Waals surface area contributed by atoms with Gasteiger partial charge in [-0.2, -0.15) is 5.26 Å². The summed E-state index contributed by atoms with van der Waals surface area (Å²) in [7, 11) is 0. The van der Waals surface area contributed by atoms with Crippen LogP contribution in [0.4, 0.5) is 0 Å². The highest BCUT2D eigenvalue weighted by molar-refractivity contribution is 5.94. The van der Waals surface area contributed by atoms with Gasteiger partial charge in [-0.3, -0.25) is 9.78 Å². The molecule has 1 atom stereocenters. The number of amides is 1. The van der Waals surface area contributed by atoms with Crippen LogP contribution in [-0.4, -0.2) is 40.0 Å². The number of likely N-dealkylation sites (tertiary alicyclic amines) is 1. The van der Waals surface area contributed by atoms with Gasteiger partial charge in [-0.05, 0) is 37.1 Å². The summed E-state index contributed by atoms with van der Waals surface area (Å²) in [6.45, 7) is 1.23. The minimum absolute atomic E-state index is 0.0399. The number of ether oxygens (including phenoxy) is 1. The Hall–Kier alpha value is -2.94. The Labute approximate surface area is 134 Å². The Bertz CT molecular complexity index is 710. The molecule has 6 heteroatoms. The van der Waals surface area contributed by atoms with Gasteiger partial charge in [0, 0.05) is 24.5 Å². The van der Waals surface area contributed by atoms with Gasteiger partial charge in [0.2, 0.25) is 5.88 Å². The minimum Gasteiger partial charge on any atom is -0.471 e. The second kappa shape index (κ2) is 6.88. The molecule has 0 spiro atoms. The predicted molar refractivity (Wildman–Crippen MR) is 82.7 cm³/mol. The molecule has 1 aliphatic rings. The lowest BCUT2D eigenvalue weighted by Gasteiger charge is -2.32. The molecule has 0 radical (unpaired) electrons. The molecule has 23 heavy (non-hydrogen) atoms. The van der Waals surface area contributed by atoms with Crippen molar-refractivity contribution in [2.75, 3.05) is 13.1 Å². The number of hydrogen-bond donors (Lipinski definition) is 0. The molecule has 3 rings (SSSR count). The van der Waals surface area contributed by atoms with Crippen LogP contribution in [0.3, 0.4) is 0 Å². The van der Waals surface area contributed by atoms with E-state index in [9.17, 15) is 4.79 Å². The smallest absolute Gasteiger partial charge is 0.253 e. The van der Waals surface area contributed by atoms with E-state index in [0.717, 1.165) is 12.8 Å². The maximum absolute atomic E-state index is 12.6. The third-order valence-corrected chi connectivity index (χ3v) is 3.75. The number of nitrogens with zero attached hydrogens (tertiary/aromatic N) is 4. The van der Waals surface area contributed by atoms with E-state index in [1.54, 1.807) is 47.8 Å². The van der Waals surface area contributed by atoms with Crippen LogP contribution >= 0.6 is 0 Å². The number of nitriles is 1. The van der Waals surface area contributed by atoms with Crippen molar-refractivity contribution < 1.29 is 9.53 Å². The van der Waals surface area contributed by atoms with Gasteiger partial charge < -0.3 is 9.64 Å². The highest BCUT2D eigenvalue weighted by Gasteiger charge is 2.26. The summed E-state index contributed by atoms with van der Waals surface area (Å²) in [6.07, 6.45) is 6.43.